The van der Waals surface area contributed by atoms with E-state index in [0.717, 1.165) is 0 Å². The Morgan fingerprint density at radius 3 is 2.25 bits per heavy atom. The van der Waals surface area contributed by atoms with Gasteiger partial charge in [0, 0.05) is 12.1 Å². The predicted molar refractivity (Wildman–Crippen MR) is 64.8 cm³/mol. The maximum Gasteiger partial charge on any atom is 0.235 e. The Morgan fingerprint density at radius 2 is 1.88 bits per heavy atom. The predicted octanol–water partition coefficient (Wildman–Crippen LogP) is -0.0893. The van der Waals surface area contributed by atoms with Crippen LogP contribution in [0.25, 0.3) is 0 Å². The maximum atomic E-state index is 11.5. The summed E-state index contributed by atoms with van der Waals surface area (Å²) in [6.45, 7) is 7.39. The smallest absolute Gasteiger partial charge is 0.235 e. The molecule has 0 aromatic carbocycles. The molecule has 6 heteroatoms. The molecule has 0 rings (SSSR count). The lowest BCUT2D eigenvalue weighted by atomic mass is 10.1. The summed E-state index contributed by atoms with van der Waals surface area (Å²) in [5.41, 5.74) is 5.13. The van der Waals surface area contributed by atoms with Gasteiger partial charge < -0.3 is 11.1 Å². The molecule has 0 fully saturated rings. The van der Waals surface area contributed by atoms with Gasteiger partial charge in [-0.3, -0.25) is 4.79 Å². The van der Waals surface area contributed by atoms with E-state index in [1.807, 2.05) is 0 Å². The minimum Gasteiger partial charge on any atom is -0.353 e. The fourth-order valence-corrected chi connectivity index (χ4v) is 2.78. The number of amides is 1. The van der Waals surface area contributed by atoms with Crippen molar-refractivity contribution < 1.29 is 13.2 Å². The van der Waals surface area contributed by atoms with E-state index in [4.69, 9.17) is 5.73 Å². The van der Waals surface area contributed by atoms with Crippen molar-refractivity contribution in [1.29, 1.82) is 0 Å². The number of nitrogens with two attached hydrogens (primary N) is 1. The second kappa shape index (κ2) is 5.63. The molecule has 1 amide bonds. The van der Waals surface area contributed by atoms with Crippen molar-refractivity contribution in [2.24, 2.45) is 11.7 Å². The van der Waals surface area contributed by atoms with E-state index >= 15 is 0 Å². The van der Waals surface area contributed by atoms with Gasteiger partial charge in [-0.25, -0.2) is 8.42 Å². The molecule has 3 N–H and O–H groups in total. The van der Waals surface area contributed by atoms with Gasteiger partial charge in [-0.1, -0.05) is 13.8 Å². The molecule has 0 aliphatic heterocycles. The lowest BCUT2D eigenvalue weighted by Crippen LogP contribution is -2.46. The Morgan fingerprint density at radius 1 is 1.38 bits per heavy atom. The molecule has 0 saturated heterocycles. The minimum atomic E-state index is -3.30. The molecule has 0 heterocycles. The first-order valence-electron chi connectivity index (χ1n) is 5.28. The zero-order valence-corrected chi connectivity index (χ0v) is 11.2. The molecule has 0 atom stereocenters. The highest BCUT2D eigenvalue weighted by Crippen LogP contribution is 2.00. The van der Waals surface area contributed by atoms with E-state index in [0.29, 0.717) is 0 Å². The van der Waals surface area contributed by atoms with Gasteiger partial charge in [0.05, 0.1) is 5.75 Å². The number of nitrogens with one attached hydrogen (secondary N) is 1. The lowest BCUT2D eigenvalue weighted by Gasteiger charge is -2.18. The summed E-state index contributed by atoms with van der Waals surface area (Å²) in [7, 11) is -3.30. The first kappa shape index (κ1) is 15.4. The average Bonchev–Trinajstić information content (AvgIpc) is 1.95. The molecule has 0 radical (unpaired) electrons. The summed E-state index contributed by atoms with van der Waals surface area (Å²) in [5, 5.41) is 2.51. The lowest BCUT2D eigenvalue weighted by molar-refractivity contribution is -0.118. The van der Waals surface area contributed by atoms with Crippen LogP contribution < -0.4 is 11.1 Å². The van der Waals surface area contributed by atoms with Crippen LogP contribution in [-0.2, 0) is 14.6 Å². The highest BCUT2D eigenvalue weighted by Gasteiger charge is 2.19. The van der Waals surface area contributed by atoms with E-state index in [-0.39, 0.29) is 18.2 Å². The van der Waals surface area contributed by atoms with Gasteiger partial charge >= 0.3 is 0 Å². The maximum absolute atomic E-state index is 11.5. The van der Waals surface area contributed by atoms with E-state index in [9.17, 15) is 13.2 Å². The van der Waals surface area contributed by atoms with Crippen LogP contribution in [0.1, 0.15) is 27.7 Å². The van der Waals surface area contributed by atoms with E-state index in [1.54, 1.807) is 27.7 Å². The monoisotopic (exact) mass is 250 g/mol. The van der Waals surface area contributed by atoms with Gasteiger partial charge in [-0.15, -0.1) is 0 Å². The molecule has 0 aromatic heterocycles. The number of hydrogen-bond acceptors (Lipinski definition) is 4. The summed E-state index contributed by atoms with van der Waals surface area (Å²) < 4.78 is 23.0. The van der Waals surface area contributed by atoms with Crippen molar-refractivity contribution in [1.82, 2.24) is 5.32 Å². The van der Waals surface area contributed by atoms with Crippen LogP contribution in [0, 0.1) is 5.92 Å². The summed E-state index contributed by atoms with van der Waals surface area (Å²) in [6.07, 6.45) is 0. The fourth-order valence-electron chi connectivity index (χ4n) is 1.14. The third-order valence-electron chi connectivity index (χ3n) is 1.68. The molecule has 0 aromatic rings. The van der Waals surface area contributed by atoms with Crippen LogP contribution in [0.5, 0.6) is 0 Å². The average molecular weight is 250 g/mol. The van der Waals surface area contributed by atoms with Crippen LogP contribution in [0.15, 0.2) is 0 Å². The molecule has 0 bridgehead atoms. The fraction of sp³-hybridized carbons (Fsp3) is 0.900. The van der Waals surface area contributed by atoms with Gasteiger partial charge in [-0.05, 0) is 19.8 Å². The Bertz CT molecular complexity index is 328. The van der Waals surface area contributed by atoms with Gasteiger partial charge in [0.2, 0.25) is 5.91 Å². The number of rotatable bonds is 6. The van der Waals surface area contributed by atoms with Crippen molar-refractivity contribution >= 4 is 15.7 Å². The Kier molecular flexibility index (Phi) is 5.41. The normalized spacial score (nSPS) is 12.9. The van der Waals surface area contributed by atoms with Gasteiger partial charge in [0.25, 0.3) is 0 Å². The molecule has 0 unspecified atom stereocenters. The molecule has 0 saturated carbocycles. The number of carbonyl (C=O) groups excluding carboxylic acids is 1. The molecule has 0 aliphatic carbocycles. The second-order valence-electron chi connectivity index (χ2n) is 5.21. The van der Waals surface area contributed by atoms with Crippen molar-refractivity contribution in [2.45, 2.75) is 33.2 Å². The van der Waals surface area contributed by atoms with E-state index in [2.05, 4.69) is 5.32 Å². The summed E-state index contributed by atoms with van der Waals surface area (Å²) >= 11 is 0. The molecular weight excluding hydrogens is 228 g/mol. The molecule has 5 nitrogen and oxygen atoms in total. The van der Waals surface area contributed by atoms with Crippen molar-refractivity contribution in [3.05, 3.63) is 0 Å². The van der Waals surface area contributed by atoms with Gasteiger partial charge in [-0.2, -0.15) is 0 Å². The zero-order valence-electron chi connectivity index (χ0n) is 10.4. The largest absolute Gasteiger partial charge is 0.353 e. The number of carbonyl (C=O) groups is 1. The first-order chi connectivity index (χ1) is 7.02. The van der Waals surface area contributed by atoms with Crippen molar-refractivity contribution in [3.63, 3.8) is 0 Å². The van der Waals surface area contributed by atoms with Crippen molar-refractivity contribution in [3.8, 4) is 0 Å². The van der Waals surface area contributed by atoms with Gasteiger partial charge in [0.1, 0.15) is 5.75 Å². The summed E-state index contributed by atoms with van der Waals surface area (Å²) in [6, 6.07) is 0. The van der Waals surface area contributed by atoms with Gasteiger partial charge in [0.15, 0.2) is 9.84 Å². The third-order valence-corrected chi connectivity index (χ3v) is 3.56. The molecular formula is C10H22N2O3S. The number of sulfone groups is 1. The van der Waals surface area contributed by atoms with Crippen LogP contribution in [-0.4, -0.2) is 37.9 Å². The standard InChI is InChI=1S/C10H22N2O3S/c1-8(2)5-16(14,15)6-9(13)12-7-10(3,4)11/h8H,5-7,11H2,1-4H3,(H,12,13). The summed E-state index contributed by atoms with van der Waals surface area (Å²) in [4.78, 5) is 11.3. The molecule has 0 aliphatic rings. The SMILES string of the molecule is CC(C)CS(=O)(=O)CC(=O)NCC(C)(C)N. The minimum absolute atomic E-state index is 0.0312. The summed E-state index contributed by atoms with van der Waals surface area (Å²) in [5.74, 6) is -0.879. The quantitative estimate of drug-likeness (QED) is 0.689. The third kappa shape index (κ3) is 8.67. The van der Waals surface area contributed by atoms with E-state index < -0.39 is 27.0 Å². The Labute approximate surface area is 97.7 Å². The molecule has 96 valence electrons. The Balaban J connectivity index is 4.15. The van der Waals surface area contributed by atoms with Crippen LogP contribution in [0.3, 0.4) is 0 Å². The Hall–Kier alpha value is -0.620. The first-order valence-corrected chi connectivity index (χ1v) is 7.10. The second-order valence-corrected chi connectivity index (χ2v) is 7.32. The van der Waals surface area contributed by atoms with E-state index in [1.165, 1.54) is 0 Å². The van der Waals surface area contributed by atoms with Crippen LogP contribution in [0.4, 0.5) is 0 Å². The topological polar surface area (TPSA) is 89.3 Å². The highest BCUT2D eigenvalue weighted by molar-refractivity contribution is 7.92. The van der Waals surface area contributed by atoms with Crippen LogP contribution in [0.2, 0.25) is 0 Å². The number of hydrogen-bond donors (Lipinski definition) is 2. The zero-order chi connectivity index (χ0) is 13.0. The molecule has 16 heavy (non-hydrogen) atoms. The highest BCUT2D eigenvalue weighted by atomic mass is 32.2. The molecule has 0 spiro atoms. The van der Waals surface area contributed by atoms with Crippen LogP contribution >= 0.6 is 0 Å². The van der Waals surface area contributed by atoms with Crippen molar-refractivity contribution in [2.75, 3.05) is 18.1 Å².